The Hall–Kier alpha value is -1.95. The van der Waals surface area contributed by atoms with Crippen molar-refractivity contribution in [2.45, 2.75) is 43.8 Å². The molecule has 2 aromatic rings. The maximum atomic E-state index is 14.5. The van der Waals surface area contributed by atoms with Crippen LogP contribution in [0.1, 0.15) is 27.7 Å². The molecule has 0 radical (unpaired) electrons. The van der Waals surface area contributed by atoms with Crippen LogP contribution in [0.4, 0.5) is 14.5 Å². The Bertz CT molecular complexity index is 1080. The van der Waals surface area contributed by atoms with Crippen molar-refractivity contribution in [2.24, 2.45) is 0 Å². The zero-order chi connectivity index (χ0) is 22.5. The Morgan fingerprint density at radius 2 is 1.73 bits per heavy atom. The first-order valence-corrected chi connectivity index (χ1v) is 10.7. The summed E-state index contributed by atoms with van der Waals surface area (Å²) in [7, 11) is -4.27. The fraction of sp³-hybridized carbons (Fsp3) is 0.389. The largest absolute Gasteiger partial charge is 0.498 e. The van der Waals surface area contributed by atoms with E-state index in [0.29, 0.717) is 6.07 Å². The first-order valence-electron chi connectivity index (χ1n) is 8.84. The average Bonchev–Trinajstić information content (AvgIpc) is 2.85. The molecule has 1 aromatic carbocycles. The van der Waals surface area contributed by atoms with E-state index in [1.807, 2.05) is 0 Å². The van der Waals surface area contributed by atoms with Crippen molar-refractivity contribution in [3.63, 3.8) is 0 Å². The number of hydrogen-bond donors (Lipinski definition) is 1. The van der Waals surface area contributed by atoms with Gasteiger partial charge in [-0.3, -0.25) is 4.72 Å². The Balaban J connectivity index is 2.00. The van der Waals surface area contributed by atoms with Crippen molar-refractivity contribution in [1.82, 2.24) is 4.98 Å². The molecule has 0 saturated carbocycles. The van der Waals surface area contributed by atoms with Crippen LogP contribution in [0.25, 0.3) is 0 Å². The van der Waals surface area contributed by atoms with Gasteiger partial charge in [-0.2, -0.15) is 0 Å². The first-order chi connectivity index (χ1) is 13.8. The number of aromatic nitrogens is 1. The summed E-state index contributed by atoms with van der Waals surface area (Å²) in [5.74, 6) is -2.67. The van der Waals surface area contributed by atoms with Crippen LogP contribution in [0, 0.1) is 11.6 Å². The fourth-order valence-electron chi connectivity index (χ4n) is 2.77. The zero-order valence-electron chi connectivity index (χ0n) is 16.9. The van der Waals surface area contributed by atoms with Gasteiger partial charge in [0.2, 0.25) is 5.88 Å². The quantitative estimate of drug-likeness (QED) is 0.690. The van der Waals surface area contributed by atoms with Gasteiger partial charge in [0.15, 0.2) is 16.5 Å². The maximum Gasteiger partial charge on any atom is 0.498 e. The molecule has 1 saturated heterocycles. The molecule has 0 atom stereocenters. The molecular weight excluding hydrogens is 441 g/mol. The molecule has 0 spiro atoms. The van der Waals surface area contributed by atoms with Gasteiger partial charge in [-0.15, -0.1) is 0 Å². The molecule has 12 heteroatoms. The molecule has 3 rings (SSSR count). The smallest absolute Gasteiger partial charge is 0.480 e. The molecule has 0 aliphatic carbocycles. The van der Waals surface area contributed by atoms with Crippen molar-refractivity contribution >= 4 is 39.9 Å². The third kappa shape index (κ3) is 4.11. The van der Waals surface area contributed by atoms with E-state index in [1.54, 1.807) is 27.7 Å². The van der Waals surface area contributed by atoms with Gasteiger partial charge >= 0.3 is 7.12 Å². The Labute approximate surface area is 178 Å². The molecule has 7 nitrogen and oxygen atoms in total. The van der Waals surface area contributed by atoms with E-state index in [2.05, 4.69) is 9.71 Å². The highest BCUT2D eigenvalue weighted by atomic mass is 35.5. The van der Waals surface area contributed by atoms with E-state index in [4.69, 9.17) is 25.6 Å². The molecule has 1 aromatic heterocycles. The maximum absolute atomic E-state index is 14.5. The highest BCUT2D eigenvalue weighted by Gasteiger charge is 2.52. The number of halogens is 3. The third-order valence-electron chi connectivity index (χ3n) is 5.08. The number of methoxy groups -OCH3 is 1. The minimum absolute atomic E-state index is 0.0550. The van der Waals surface area contributed by atoms with E-state index < -0.39 is 40.0 Å². The SMILES string of the molecule is COc1ncc(Cl)cc1S(=O)(=O)Nc1cc(F)c(F)c(B2OC(C)(C)C(C)(C)O2)c1. The van der Waals surface area contributed by atoms with Crippen LogP contribution >= 0.6 is 11.6 Å². The van der Waals surface area contributed by atoms with Gasteiger partial charge in [0, 0.05) is 17.7 Å². The van der Waals surface area contributed by atoms with E-state index in [9.17, 15) is 17.2 Å². The lowest BCUT2D eigenvalue weighted by molar-refractivity contribution is 0.00578. The van der Waals surface area contributed by atoms with Gasteiger partial charge in [0.05, 0.1) is 29.0 Å². The zero-order valence-corrected chi connectivity index (χ0v) is 18.5. The summed E-state index contributed by atoms with van der Waals surface area (Å²) < 4.78 is 73.0. The Morgan fingerprint density at radius 1 is 1.13 bits per heavy atom. The number of nitrogens with zero attached hydrogens (tertiary/aromatic N) is 1. The standard InChI is InChI=1S/C18H20BClF2N2O5S/c1-17(2)18(3,4)29-19(28-17)12-7-11(8-13(21)15(12)22)24-30(25,26)14-6-10(20)9-23-16(14)27-5/h6-9,24H,1-5H3. The molecule has 30 heavy (non-hydrogen) atoms. The Kier molecular flexibility index (Phi) is 5.78. The van der Waals surface area contributed by atoms with Crippen LogP contribution in [-0.2, 0) is 19.3 Å². The number of rotatable bonds is 5. The van der Waals surface area contributed by atoms with Gasteiger partial charge in [-0.25, -0.2) is 22.2 Å². The second-order valence-electron chi connectivity index (χ2n) is 7.72. The second kappa shape index (κ2) is 7.63. The fourth-order valence-corrected chi connectivity index (χ4v) is 4.18. The van der Waals surface area contributed by atoms with E-state index in [-0.39, 0.29) is 26.9 Å². The number of benzene rings is 1. The molecule has 1 aliphatic rings. The minimum atomic E-state index is -4.29. The third-order valence-corrected chi connectivity index (χ3v) is 6.67. The molecule has 1 N–H and O–H groups in total. The molecule has 2 heterocycles. The number of sulfonamides is 1. The van der Waals surface area contributed by atoms with Crippen LogP contribution in [0.5, 0.6) is 5.88 Å². The summed E-state index contributed by atoms with van der Waals surface area (Å²) in [6.07, 6.45) is 1.22. The van der Waals surface area contributed by atoms with Gasteiger partial charge in [0.1, 0.15) is 0 Å². The van der Waals surface area contributed by atoms with Crippen molar-refractivity contribution in [2.75, 3.05) is 11.8 Å². The summed E-state index contributed by atoms with van der Waals surface area (Å²) in [6.45, 7) is 7.02. The molecule has 0 unspecified atom stereocenters. The highest BCUT2D eigenvalue weighted by molar-refractivity contribution is 7.92. The van der Waals surface area contributed by atoms with Crippen molar-refractivity contribution in [3.8, 4) is 5.88 Å². The number of nitrogens with one attached hydrogen (secondary N) is 1. The summed E-state index contributed by atoms with van der Waals surface area (Å²) in [6, 6.07) is 2.96. The van der Waals surface area contributed by atoms with E-state index in [0.717, 1.165) is 12.1 Å². The predicted molar refractivity (Wildman–Crippen MR) is 109 cm³/mol. The number of ether oxygens (including phenoxy) is 1. The van der Waals surface area contributed by atoms with Crippen LogP contribution in [-0.4, -0.2) is 38.8 Å². The van der Waals surface area contributed by atoms with E-state index in [1.165, 1.54) is 13.3 Å². The molecule has 162 valence electrons. The minimum Gasteiger partial charge on any atom is -0.480 e. The van der Waals surface area contributed by atoms with Crippen LogP contribution in [0.3, 0.4) is 0 Å². The first kappa shape index (κ1) is 22.7. The van der Waals surface area contributed by atoms with Crippen molar-refractivity contribution in [1.29, 1.82) is 0 Å². The molecule has 1 aliphatic heterocycles. The summed E-state index contributed by atoms with van der Waals surface area (Å²) in [5.41, 5.74) is -2.10. The van der Waals surface area contributed by atoms with Crippen molar-refractivity contribution in [3.05, 3.63) is 41.1 Å². The second-order valence-corrected chi connectivity index (χ2v) is 9.80. The monoisotopic (exact) mass is 460 g/mol. The summed E-state index contributed by atoms with van der Waals surface area (Å²) >= 11 is 5.84. The van der Waals surface area contributed by atoms with Gasteiger partial charge in [-0.05, 0) is 39.8 Å². The number of pyridine rings is 1. The molecular formula is C18H20BClF2N2O5S. The molecule has 0 amide bonds. The highest BCUT2D eigenvalue weighted by Crippen LogP contribution is 2.37. The normalized spacial score (nSPS) is 17.8. The average molecular weight is 461 g/mol. The van der Waals surface area contributed by atoms with E-state index >= 15 is 0 Å². The summed E-state index contributed by atoms with van der Waals surface area (Å²) in [4.78, 5) is 3.44. The van der Waals surface area contributed by atoms with Gasteiger partial charge in [-0.1, -0.05) is 11.6 Å². The van der Waals surface area contributed by atoms with Gasteiger partial charge < -0.3 is 14.0 Å². The lowest BCUT2D eigenvalue weighted by atomic mass is 9.78. The number of hydrogen-bond acceptors (Lipinski definition) is 6. The molecule has 1 fully saturated rings. The lowest BCUT2D eigenvalue weighted by Crippen LogP contribution is -2.41. The summed E-state index contributed by atoms with van der Waals surface area (Å²) in [5, 5.41) is 0.0550. The predicted octanol–water partition coefficient (Wildman–Crippen LogP) is 3.12. The topological polar surface area (TPSA) is 86.8 Å². The van der Waals surface area contributed by atoms with Gasteiger partial charge in [0.25, 0.3) is 10.0 Å². The van der Waals surface area contributed by atoms with Crippen LogP contribution in [0.15, 0.2) is 29.3 Å². The lowest BCUT2D eigenvalue weighted by Gasteiger charge is -2.32. The van der Waals surface area contributed by atoms with Crippen molar-refractivity contribution < 1.29 is 31.2 Å². The van der Waals surface area contributed by atoms with Crippen LogP contribution in [0.2, 0.25) is 5.02 Å². The van der Waals surface area contributed by atoms with Crippen LogP contribution < -0.4 is 14.9 Å². The molecule has 0 bridgehead atoms. The number of anilines is 1. The Morgan fingerprint density at radius 3 is 2.30 bits per heavy atom.